The Bertz CT molecular complexity index is 463. The summed E-state index contributed by atoms with van der Waals surface area (Å²) in [5.41, 5.74) is -0.103. The molecule has 84 valence electrons. The molecule has 3 nitrogen and oxygen atoms in total. The van der Waals surface area contributed by atoms with Crippen molar-refractivity contribution in [1.82, 2.24) is 0 Å². The molecular weight excluding hydrogens is 269 g/mol. The fourth-order valence-corrected chi connectivity index (χ4v) is 1.70. The Morgan fingerprint density at radius 1 is 1.25 bits per heavy atom. The van der Waals surface area contributed by atoms with Gasteiger partial charge in [-0.25, -0.2) is 13.6 Å². The zero-order valence-electron chi connectivity index (χ0n) is 8.53. The Balaban J connectivity index is 0.00000225. The minimum Gasteiger partial charge on any atom is -0.449 e. The number of halogens is 3. The van der Waals surface area contributed by atoms with Crippen LogP contribution in [0.2, 0.25) is 0 Å². The van der Waals surface area contributed by atoms with Gasteiger partial charge in [-0.1, -0.05) is 24.0 Å². The molecule has 0 fully saturated rings. The van der Waals surface area contributed by atoms with E-state index in [0.29, 0.717) is 0 Å². The topological polar surface area (TPSA) is 60.2 Å². The Labute approximate surface area is 134 Å². The summed E-state index contributed by atoms with van der Waals surface area (Å²) in [6.45, 7) is -4.97. The molecule has 1 aromatic rings. The predicted molar refractivity (Wildman–Crippen MR) is 50.6 cm³/mol. The van der Waals surface area contributed by atoms with Crippen LogP contribution in [0.15, 0.2) is 29.2 Å². The van der Waals surface area contributed by atoms with Crippen LogP contribution in [0.5, 0.6) is 0 Å². The van der Waals surface area contributed by atoms with Gasteiger partial charge in [-0.15, -0.1) is 0 Å². The van der Waals surface area contributed by atoms with Gasteiger partial charge in [0.2, 0.25) is 10.0 Å². The van der Waals surface area contributed by atoms with Crippen LogP contribution in [0.3, 0.4) is 0 Å². The Morgan fingerprint density at radius 2 is 1.81 bits per heavy atom. The van der Waals surface area contributed by atoms with Gasteiger partial charge < -0.3 is 12.9 Å². The van der Waals surface area contributed by atoms with E-state index in [-0.39, 0.29) is 61.8 Å². The number of nitrogens with two attached hydrogens (primary N) is 1. The maximum absolute atomic E-state index is 12.1. The summed E-state index contributed by atoms with van der Waals surface area (Å²) < 4.78 is 57.9. The third kappa shape index (κ3) is 5.80. The zero-order chi connectivity index (χ0) is 11.7. The molecule has 0 saturated heterocycles. The smallest absolute Gasteiger partial charge is 0.449 e. The van der Waals surface area contributed by atoms with Crippen LogP contribution in [0.25, 0.3) is 0 Å². The van der Waals surface area contributed by atoms with Crippen LogP contribution in [-0.4, -0.2) is 15.4 Å². The molecule has 0 aliphatic heterocycles. The van der Waals surface area contributed by atoms with Crippen LogP contribution < -0.4 is 56.5 Å². The quantitative estimate of drug-likeness (QED) is 0.667. The molecule has 0 spiro atoms. The van der Waals surface area contributed by atoms with Crippen LogP contribution in [0.4, 0.5) is 12.9 Å². The van der Waals surface area contributed by atoms with Gasteiger partial charge in [-0.3, -0.25) is 0 Å². The van der Waals surface area contributed by atoms with Gasteiger partial charge in [0.1, 0.15) is 0 Å². The van der Waals surface area contributed by atoms with E-state index in [1.165, 1.54) is 12.1 Å². The Kier molecular flexibility index (Phi) is 6.22. The van der Waals surface area contributed by atoms with Crippen LogP contribution in [0.1, 0.15) is 5.56 Å². The Hall–Kier alpha value is 0.621. The summed E-state index contributed by atoms with van der Waals surface area (Å²) in [4.78, 5) is -0.306. The Morgan fingerprint density at radius 3 is 2.25 bits per heavy atom. The zero-order valence-corrected chi connectivity index (χ0v) is 12.5. The van der Waals surface area contributed by atoms with Crippen molar-refractivity contribution in [2.45, 2.75) is 11.2 Å². The fraction of sp³-hybridized carbons (Fsp3) is 0.143. The minimum absolute atomic E-state index is 0. The van der Waals surface area contributed by atoms with Gasteiger partial charge in [-0.05, 0) is 12.1 Å². The van der Waals surface area contributed by atoms with Crippen molar-refractivity contribution >= 4 is 17.0 Å². The first-order valence-electron chi connectivity index (χ1n) is 4.01. The number of benzene rings is 1. The van der Waals surface area contributed by atoms with E-state index in [4.69, 9.17) is 5.14 Å². The van der Waals surface area contributed by atoms with Crippen LogP contribution >= 0.6 is 0 Å². The van der Waals surface area contributed by atoms with Crippen molar-refractivity contribution in [3.05, 3.63) is 29.8 Å². The van der Waals surface area contributed by atoms with E-state index < -0.39 is 23.3 Å². The van der Waals surface area contributed by atoms with Crippen molar-refractivity contribution in [3.8, 4) is 0 Å². The summed E-state index contributed by atoms with van der Waals surface area (Å²) in [6.07, 6.45) is -1.11. The van der Waals surface area contributed by atoms with E-state index in [1.54, 1.807) is 0 Å². The SMILES string of the molecule is NS(=O)(=O)c1cccc(C[B-](F)(F)F)c1.[K+]. The maximum Gasteiger partial charge on any atom is 1.00 e. The molecule has 0 saturated carbocycles. The normalized spacial score (nSPS) is 12.0. The summed E-state index contributed by atoms with van der Waals surface area (Å²) in [7, 11) is -3.94. The average molecular weight is 277 g/mol. The second-order valence-corrected chi connectivity index (χ2v) is 4.67. The fourth-order valence-electron chi connectivity index (χ4n) is 1.12. The second-order valence-electron chi connectivity index (χ2n) is 3.11. The molecule has 9 heteroatoms. The maximum atomic E-state index is 12.1. The molecule has 16 heavy (non-hydrogen) atoms. The average Bonchev–Trinajstić information content (AvgIpc) is 1.99. The first kappa shape index (κ1) is 16.6. The molecule has 1 aromatic carbocycles. The van der Waals surface area contributed by atoms with Gasteiger partial charge in [0, 0.05) is 0 Å². The molecule has 0 aliphatic carbocycles. The van der Waals surface area contributed by atoms with Crippen molar-refractivity contribution in [2.75, 3.05) is 0 Å². The van der Waals surface area contributed by atoms with Gasteiger partial charge >= 0.3 is 58.4 Å². The predicted octanol–water partition coefficient (Wildman–Crippen LogP) is -1.73. The number of rotatable bonds is 3. The third-order valence-electron chi connectivity index (χ3n) is 1.69. The minimum atomic E-state index is -4.97. The van der Waals surface area contributed by atoms with Gasteiger partial charge in [0.15, 0.2) is 0 Å². The molecule has 1 rings (SSSR count). The molecule has 0 aliphatic rings. The standard InChI is InChI=1S/C7H8BF3NO2S.K/c9-8(10,11)5-6-2-1-3-7(4-6)15(12,13)14;/h1-4H,5H2,(H2,12,13,14);/q-1;+1. The summed E-state index contributed by atoms with van der Waals surface area (Å²) in [5, 5.41) is 4.79. The number of sulfonamides is 1. The largest absolute Gasteiger partial charge is 1.00 e. The van der Waals surface area contributed by atoms with Crippen molar-refractivity contribution < 1.29 is 72.7 Å². The molecule has 0 radical (unpaired) electrons. The summed E-state index contributed by atoms with van der Waals surface area (Å²) >= 11 is 0. The van der Waals surface area contributed by atoms with E-state index in [0.717, 1.165) is 12.1 Å². The van der Waals surface area contributed by atoms with Crippen molar-refractivity contribution in [2.24, 2.45) is 5.14 Å². The van der Waals surface area contributed by atoms with Gasteiger partial charge in [0.05, 0.1) is 4.90 Å². The van der Waals surface area contributed by atoms with E-state index in [1.807, 2.05) is 0 Å². The molecule has 2 N–H and O–H groups in total. The number of primary sulfonamides is 1. The number of hydrogen-bond acceptors (Lipinski definition) is 2. The van der Waals surface area contributed by atoms with Crippen molar-refractivity contribution in [1.29, 1.82) is 0 Å². The molecule has 0 aromatic heterocycles. The van der Waals surface area contributed by atoms with E-state index >= 15 is 0 Å². The van der Waals surface area contributed by atoms with Crippen LogP contribution in [-0.2, 0) is 16.3 Å². The van der Waals surface area contributed by atoms with Gasteiger partial charge in [0.25, 0.3) is 0 Å². The summed E-state index contributed by atoms with van der Waals surface area (Å²) in [5.74, 6) is 0. The summed E-state index contributed by atoms with van der Waals surface area (Å²) in [6, 6.07) is 4.54. The van der Waals surface area contributed by atoms with E-state index in [2.05, 4.69) is 0 Å². The first-order chi connectivity index (χ1) is 6.68. The van der Waals surface area contributed by atoms with E-state index in [9.17, 15) is 21.4 Å². The van der Waals surface area contributed by atoms with Gasteiger partial charge in [-0.2, -0.15) is 0 Å². The first-order valence-corrected chi connectivity index (χ1v) is 5.56. The molecular formula is C7H8BF3KNO2S. The number of hydrogen-bond donors (Lipinski definition) is 1. The van der Waals surface area contributed by atoms with Crippen LogP contribution in [0, 0.1) is 0 Å². The molecule has 0 atom stereocenters. The molecule has 0 bridgehead atoms. The monoisotopic (exact) mass is 277 g/mol. The third-order valence-corrected chi connectivity index (χ3v) is 2.61. The van der Waals surface area contributed by atoms with Crippen molar-refractivity contribution in [3.63, 3.8) is 0 Å². The molecule has 0 amide bonds. The molecule has 0 unspecified atom stereocenters. The molecule has 0 heterocycles. The second kappa shape index (κ2) is 5.99.